The van der Waals surface area contributed by atoms with Crippen molar-refractivity contribution in [1.29, 1.82) is 0 Å². The van der Waals surface area contributed by atoms with Gasteiger partial charge in [-0.1, -0.05) is 0 Å². The standard InChI is InChI=1S/C18H22O3/c1-21-15-5-14(10-19)17(20)16(6-15)18-7-11-2-12(8-18)4-13(3-11)9-18/h5-6,10-13,20H,2-4,7-9H2,1H3. The molecule has 0 aromatic heterocycles. The second-order valence-corrected chi connectivity index (χ2v) is 7.43. The number of phenolic OH excluding ortho intramolecular Hbond substituents is 1. The first-order valence-corrected chi connectivity index (χ1v) is 8.00. The molecule has 0 unspecified atom stereocenters. The summed E-state index contributed by atoms with van der Waals surface area (Å²) in [5.74, 6) is 3.29. The molecule has 0 atom stereocenters. The van der Waals surface area contributed by atoms with Gasteiger partial charge in [0.25, 0.3) is 0 Å². The van der Waals surface area contributed by atoms with Crippen LogP contribution in [-0.4, -0.2) is 18.5 Å². The molecule has 112 valence electrons. The lowest BCUT2D eigenvalue weighted by Crippen LogP contribution is -2.48. The lowest BCUT2D eigenvalue weighted by atomic mass is 9.48. The highest BCUT2D eigenvalue weighted by Crippen LogP contribution is 2.62. The summed E-state index contributed by atoms with van der Waals surface area (Å²) in [6.45, 7) is 0. The third-order valence-electron chi connectivity index (χ3n) is 6.09. The monoisotopic (exact) mass is 286 g/mol. The zero-order chi connectivity index (χ0) is 14.6. The third-order valence-corrected chi connectivity index (χ3v) is 6.09. The molecule has 0 amide bonds. The van der Waals surface area contributed by atoms with Gasteiger partial charge in [0, 0.05) is 5.56 Å². The topological polar surface area (TPSA) is 46.5 Å². The number of phenols is 1. The van der Waals surface area contributed by atoms with Gasteiger partial charge in [-0.25, -0.2) is 0 Å². The SMILES string of the molecule is COc1cc(C=O)c(O)c(C23CC4CC(CC(C4)C2)C3)c1. The van der Waals surface area contributed by atoms with E-state index in [9.17, 15) is 9.90 Å². The molecule has 4 aliphatic carbocycles. The summed E-state index contributed by atoms with van der Waals surface area (Å²) in [6, 6.07) is 3.60. The largest absolute Gasteiger partial charge is 0.507 e. The first kappa shape index (κ1) is 13.2. The summed E-state index contributed by atoms with van der Waals surface area (Å²) in [5.41, 5.74) is 1.40. The van der Waals surface area contributed by atoms with E-state index in [4.69, 9.17) is 4.74 Å². The van der Waals surface area contributed by atoms with Crippen molar-refractivity contribution in [2.24, 2.45) is 17.8 Å². The summed E-state index contributed by atoms with van der Waals surface area (Å²) in [5, 5.41) is 10.6. The highest BCUT2D eigenvalue weighted by molar-refractivity contribution is 5.81. The van der Waals surface area contributed by atoms with Crippen LogP contribution in [0.2, 0.25) is 0 Å². The second-order valence-electron chi connectivity index (χ2n) is 7.43. The van der Waals surface area contributed by atoms with Crippen molar-refractivity contribution < 1.29 is 14.6 Å². The molecule has 21 heavy (non-hydrogen) atoms. The fourth-order valence-corrected chi connectivity index (χ4v) is 5.68. The van der Waals surface area contributed by atoms with E-state index in [0.29, 0.717) is 11.3 Å². The van der Waals surface area contributed by atoms with E-state index >= 15 is 0 Å². The molecule has 1 aromatic rings. The summed E-state index contributed by atoms with van der Waals surface area (Å²) in [7, 11) is 1.62. The van der Waals surface area contributed by atoms with E-state index in [-0.39, 0.29) is 11.2 Å². The number of carbonyl (C=O) groups is 1. The van der Waals surface area contributed by atoms with Crippen molar-refractivity contribution >= 4 is 6.29 Å². The minimum absolute atomic E-state index is 0.0745. The van der Waals surface area contributed by atoms with Crippen molar-refractivity contribution in [2.75, 3.05) is 7.11 Å². The number of hydrogen-bond acceptors (Lipinski definition) is 3. The number of methoxy groups -OCH3 is 1. The molecule has 0 spiro atoms. The molecule has 0 saturated heterocycles. The van der Waals surface area contributed by atoms with Crippen LogP contribution in [0.3, 0.4) is 0 Å². The Labute approximate surface area is 125 Å². The number of hydrogen-bond donors (Lipinski definition) is 1. The van der Waals surface area contributed by atoms with Crippen LogP contribution in [0.4, 0.5) is 0 Å². The average molecular weight is 286 g/mol. The van der Waals surface area contributed by atoms with Crippen molar-refractivity contribution in [1.82, 2.24) is 0 Å². The lowest BCUT2D eigenvalue weighted by Gasteiger charge is -2.57. The van der Waals surface area contributed by atoms with E-state index in [2.05, 4.69) is 0 Å². The van der Waals surface area contributed by atoms with Crippen LogP contribution in [0.25, 0.3) is 0 Å². The Morgan fingerprint density at radius 3 is 2.19 bits per heavy atom. The Kier molecular flexibility index (Phi) is 2.82. The summed E-state index contributed by atoms with van der Waals surface area (Å²) < 4.78 is 5.35. The molecule has 0 radical (unpaired) electrons. The van der Waals surface area contributed by atoms with Gasteiger partial charge in [-0.15, -0.1) is 0 Å². The molecule has 1 aromatic carbocycles. The van der Waals surface area contributed by atoms with Crippen LogP contribution >= 0.6 is 0 Å². The fraction of sp³-hybridized carbons (Fsp3) is 0.611. The Balaban J connectivity index is 1.84. The first-order valence-electron chi connectivity index (χ1n) is 8.00. The number of carbonyl (C=O) groups excluding carboxylic acids is 1. The molecule has 4 bridgehead atoms. The predicted octanol–water partition coefficient (Wildman–Crippen LogP) is 3.68. The van der Waals surface area contributed by atoms with Gasteiger partial charge in [-0.2, -0.15) is 0 Å². The number of aldehydes is 1. The smallest absolute Gasteiger partial charge is 0.153 e. The molecular formula is C18H22O3. The number of aromatic hydroxyl groups is 1. The van der Waals surface area contributed by atoms with Crippen LogP contribution in [0.5, 0.6) is 11.5 Å². The zero-order valence-corrected chi connectivity index (χ0v) is 12.5. The van der Waals surface area contributed by atoms with Crippen LogP contribution in [-0.2, 0) is 5.41 Å². The van der Waals surface area contributed by atoms with Gasteiger partial charge in [0.2, 0.25) is 0 Å². The quantitative estimate of drug-likeness (QED) is 0.862. The van der Waals surface area contributed by atoms with Crippen LogP contribution in [0, 0.1) is 17.8 Å². The normalized spacial score (nSPS) is 36.7. The van der Waals surface area contributed by atoms with Crippen LogP contribution < -0.4 is 4.74 Å². The van der Waals surface area contributed by atoms with Crippen LogP contribution in [0.15, 0.2) is 12.1 Å². The Morgan fingerprint density at radius 2 is 1.71 bits per heavy atom. The number of benzene rings is 1. The number of ether oxygens (including phenoxy) is 1. The molecule has 4 fully saturated rings. The van der Waals surface area contributed by atoms with Crippen molar-refractivity contribution in [3.8, 4) is 11.5 Å². The minimum Gasteiger partial charge on any atom is -0.507 e. The Morgan fingerprint density at radius 1 is 1.14 bits per heavy atom. The molecule has 0 aliphatic heterocycles. The fourth-order valence-electron chi connectivity index (χ4n) is 5.68. The van der Waals surface area contributed by atoms with E-state index in [0.717, 1.165) is 29.6 Å². The minimum atomic E-state index is 0.0745. The molecule has 4 aliphatic rings. The van der Waals surface area contributed by atoms with E-state index < -0.39 is 0 Å². The van der Waals surface area contributed by atoms with Crippen molar-refractivity contribution in [3.05, 3.63) is 23.3 Å². The predicted molar refractivity (Wildman–Crippen MR) is 79.9 cm³/mol. The van der Waals surface area contributed by atoms with Gasteiger partial charge in [0.05, 0.1) is 12.7 Å². The van der Waals surface area contributed by atoms with E-state index in [1.165, 1.54) is 38.5 Å². The maximum atomic E-state index is 11.3. The average Bonchev–Trinajstić information content (AvgIpc) is 2.46. The van der Waals surface area contributed by atoms with Gasteiger partial charge in [0.1, 0.15) is 11.5 Å². The Bertz CT molecular complexity index is 555. The zero-order valence-electron chi connectivity index (χ0n) is 12.5. The van der Waals surface area contributed by atoms with Gasteiger partial charge in [-0.05, 0) is 73.8 Å². The number of rotatable bonds is 3. The maximum absolute atomic E-state index is 11.3. The van der Waals surface area contributed by atoms with Gasteiger partial charge in [0.15, 0.2) is 6.29 Å². The Hall–Kier alpha value is -1.51. The third kappa shape index (κ3) is 1.90. The van der Waals surface area contributed by atoms with Gasteiger partial charge >= 0.3 is 0 Å². The van der Waals surface area contributed by atoms with Gasteiger partial charge in [-0.3, -0.25) is 4.79 Å². The molecule has 4 saturated carbocycles. The summed E-state index contributed by atoms with van der Waals surface area (Å²) in [4.78, 5) is 11.3. The van der Waals surface area contributed by atoms with Crippen molar-refractivity contribution in [2.45, 2.75) is 43.9 Å². The molecule has 0 heterocycles. The highest BCUT2D eigenvalue weighted by Gasteiger charge is 2.52. The molecule has 3 nitrogen and oxygen atoms in total. The summed E-state index contributed by atoms with van der Waals surface area (Å²) >= 11 is 0. The molecular weight excluding hydrogens is 264 g/mol. The molecule has 5 rings (SSSR count). The summed E-state index contributed by atoms with van der Waals surface area (Å²) in [6.07, 6.45) is 8.33. The lowest BCUT2D eigenvalue weighted by molar-refractivity contribution is -0.00623. The van der Waals surface area contributed by atoms with Gasteiger partial charge < -0.3 is 9.84 Å². The maximum Gasteiger partial charge on any atom is 0.153 e. The highest BCUT2D eigenvalue weighted by atomic mass is 16.5. The second kappa shape index (κ2) is 4.49. The van der Waals surface area contributed by atoms with Crippen LogP contribution in [0.1, 0.15) is 54.4 Å². The van der Waals surface area contributed by atoms with E-state index in [1.54, 1.807) is 13.2 Å². The molecule has 1 N–H and O–H groups in total. The molecule has 3 heteroatoms. The first-order chi connectivity index (χ1) is 10.1. The van der Waals surface area contributed by atoms with E-state index in [1.807, 2.05) is 6.07 Å². The van der Waals surface area contributed by atoms with Crippen molar-refractivity contribution in [3.63, 3.8) is 0 Å².